The highest BCUT2D eigenvalue weighted by Gasteiger charge is 2.10. The van der Waals surface area contributed by atoms with Crippen LogP contribution < -0.4 is 14.8 Å². The first kappa shape index (κ1) is 18.4. The summed E-state index contributed by atoms with van der Waals surface area (Å²) in [6, 6.07) is 10.7. The van der Waals surface area contributed by atoms with Crippen molar-refractivity contribution in [1.29, 1.82) is 0 Å². The molecule has 0 radical (unpaired) electrons. The molecule has 0 fully saturated rings. The van der Waals surface area contributed by atoms with E-state index in [0.29, 0.717) is 46.7 Å². The number of rotatable bonds is 7. The lowest BCUT2D eigenvalue weighted by molar-refractivity contribution is -0.116. The second kappa shape index (κ2) is 8.81. The van der Waals surface area contributed by atoms with Crippen LogP contribution in [-0.4, -0.2) is 19.6 Å². The van der Waals surface area contributed by atoms with Gasteiger partial charge in [0.2, 0.25) is 5.91 Å². The average Bonchev–Trinajstić information content (AvgIpc) is 2.57. The fourth-order valence-corrected chi connectivity index (χ4v) is 2.65. The molecule has 0 aliphatic rings. The van der Waals surface area contributed by atoms with E-state index in [-0.39, 0.29) is 5.91 Å². The highest BCUT2D eigenvalue weighted by atomic mass is 35.5. The van der Waals surface area contributed by atoms with Crippen LogP contribution in [0.4, 0.5) is 5.69 Å². The minimum atomic E-state index is -0.114. The number of nitrogens with one attached hydrogen (secondary N) is 1. The van der Waals surface area contributed by atoms with Crippen molar-refractivity contribution < 1.29 is 14.3 Å². The molecule has 2 aromatic carbocycles. The molecule has 6 heteroatoms. The summed E-state index contributed by atoms with van der Waals surface area (Å²) >= 11 is 12.1. The maximum atomic E-state index is 12.1. The van der Waals surface area contributed by atoms with E-state index in [4.69, 9.17) is 32.7 Å². The zero-order valence-electron chi connectivity index (χ0n) is 13.6. The van der Waals surface area contributed by atoms with Gasteiger partial charge in [-0.15, -0.1) is 0 Å². The Morgan fingerprint density at radius 2 is 1.96 bits per heavy atom. The van der Waals surface area contributed by atoms with E-state index in [9.17, 15) is 4.79 Å². The van der Waals surface area contributed by atoms with Crippen LogP contribution >= 0.6 is 23.2 Å². The molecule has 1 N–H and O–H groups in total. The molecule has 2 aromatic rings. The number of halogens is 2. The summed E-state index contributed by atoms with van der Waals surface area (Å²) in [5.41, 5.74) is 1.50. The van der Waals surface area contributed by atoms with E-state index in [1.54, 1.807) is 31.4 Å². The number of carbonyl (C=O) groups is 1. The lowest BCUT2D eigenvalue weighted by Gasteiger charge is -2.12. The molecule has 0 spiro atoms. The Morgan fingerprint density at radius 1 is 1.17 bits per heavy atom. The predicted octanol–water partition coefficient (Wildman–Crippen LogP) is 4.97. The van der Waals surface area contributed by atoms with Crippen LogP contribution in [0.2, 0.25) is 10.0 Å². The van der Waals surface area contributed by atoms with Gasteiger partial charge in [0.25, 0.3) is 0 Å². The normalized spacial score (nSPS) is 10.3. The first-order valence-corrected chi connectivity index (χ1v) is 8.34. The Labute approximate surface area is 151 Å². The smallest absolute Gasteiger partial charge is 0.224 e. The molecule has 24 heavy (non-hydrogen) atoms. The third-order valence-corrected chi connectivity index (χ3v) is 4.26. The summed E-state index contributed by atoms with van der Waals surface area (Å²) in [5.74, 6) is 1.11. The molecule has 0 bridgehead atoms. The van der Waals surface area contributed by atoms with E-state index in [0.717, 1.165) is 5.56 Å². The Kier molecular flexibility index (Phi) is 6.76. The van der Waals surface area contributed by atoms with Crippen molar-refractivity contribution in [2.45, 2.75) is 19.8 Å². The number of aryl methyl sites for hydroxylation is 1. The molecule has 0 saturated heterocycles. The van der Waals surface area contributed by atoms with Crippen molar-refractivity contribution in [3.05, 3.63) is 52.0 Å². The number of amides is 1. The second-order valence-corrected chi connectivity index (χ2v) is 5.84. The predicted molar refractivity (Wildman–Crippen MR) is 97.6 cm³/mol. The van der Waals surface area contributed by atoms with Crippen LogP contribution in [0.3, 0.4) is 0 Å². The summed E-state index contributed by atoms with van der Waals surface area (Å²) < 4.78 is 10.7. The molecule has 0 aromatic heterocycles. The maximum absolute atomic E-state index is 12.1. The minimum Gasteiger partial charge on any atom is -0.493 e. The molecule has 4 nitrogen and oxygen atoms in total. The van der Waals surface area contributed by atoms with E-state index in [2.05, 4.69) is 5.32 Å². The van der Waals surface area contributed by atoms with Crippen molar-refractivity contribution in [2.24, 2.45) is 0 Å². The van der Waals surface area contributed by atoms with Gasteiger partial charge in [0, 0.05) is 18.2 Å². The van der Waals surface area contributed by atoms with Gasteiger partial charge in [-0.05, 0) is 37.1 Å². The highest BCUT2D eigenvalue weighted by Crippen LogP contribution is 2.30. The SMILES string of the molecule is CCOc1ccc(NC(=O)CCc2cccc(Cl)c2Cl)cc1OC. The molecule has 0 heterocycles. The quantitative estimate of drug-likeness (QED) is 0.751. The molecule has 0 aliphatic carbocycles. The number of carbonyl (C=O) groups excluding carboxylic acids is 1. The van der Waals surface area contributed by atoms with E-state index in [1.165, 1.54) is 0 Å². The highest BCUT2D eigenvalue weighted by molar-refractivity contribution is 6.42. The van der Waals surface area contributed by atoms with Crippen molar-refractivity contribution in [2.75, 3.05) is 19.0 Å². The molecular weight excluding hydrogens is 349 g/mol. The molecule has 0 atom stereocenters. The zero-order chi connectivity index (χ0) is 17.5. The van der Waals surface area contributed by atoms with E-state index < -0.39 is 0 Å². The number of benzene rings is 2. The molecule has 2 rings (SSSR count). The van der Waals surface area contributed by atoms with Gasteiger partial charge in [0.1, 0.15) is 0 Å². The number of ether oxygens (including phenoxy) is 2. The Morgan fingerprint density at radius 3 is 2.67 bits per heavy atom. The average molecular weight is 368 g/mol. The maximum Gasteiger partial charge on any atom is 0.224 e. The topological polar surface area (TPSA) is 47.6 Å². The molecular formula is C18H19Cl2NO3. The van der Waals surface area contributed by atoms with Gasteiger partial charge in [-0.25, -0.2) is 0 Å². The first-order valence-electron chi connectivity index (χ1n) is 7.58. The third kappa shape index (κ3) is 4.79. The van der Waals surface area contributed by atoms with Gasteiger partial charge in [-0.2, -0.15) is 0 Å². The van der Waals surface area contributed by atoms with Crippen molar-refractivity contribution in [1.82, 2.24) is 0 Å². The van der Waals surface area contributed by atoms with Crippen molar-refractivity contribution in [3.8, 4) is 11.5 Å². The Hall–Kier alpha value is -1.91. The van der Waals surface area contributed by atoms with Crippen LogP contribution in [-0.2, 0) is 11.2 Å². The zero-order valence-corrected chi connectivity index (χ0v) is 15.1. The van der Waals surface area contributed by atoms with E-state index in [1.807, 2.05) is 19.1 Å². The van der Waals surface area contributed by atoms with Crippen molar-refractivity contribution >= 4 is 34.8 Å². The fourth-order valence-electron chi connectivity index (χ4n) is 2.23. The first-order chi connectivity index (χ1) is 11.5. The standard InChI is InChI=1S/C18H19Cl2NO3/c1-3-24-15-9-8-13(11-16(15)23-2)21-17(22)10-7-12-5-4-6-14(19)18(12)20/h4-6,8-9,11H,3,7,10H2,1-2H3,(H,21,22). The molecule has 0 aliphatic heterocycles. The van der Waals surface area contributed by atoms with Gasteiger partial charge in [0.05, 0.1) is 23.8 Å². The largest absolute Gasteiger partial charge is 0.493 e. The summed E-state index contributed by atoms with van der Waals surface area (Å²) in [7, 11) is 1.56. The van der Waals surface area contributed by atoms with Crippen LogP contribution in [0.15, 0.2) is 36.4 Å². The van der Waals surface area contributed by atoms with Crippen LogP contribution in [0.25, 0.3) is 0 Å². The fraction of sp³-hybridized carbons (Fsp3) is 0.278. The van der Waals surface area contributed by atoms with Crippen molar-refractivity contribution in [3.63, 3.8) is 0 Å². The summed E-state index contributed by atoms with van der Waals surface area (Å²) in [6.07, 6.45) is 0.814. The van der Waals surface area contributed by atoms with Gasteiger partial charge >= 0.3 is 0 Å². The molecule has 128 valence electrons. The lowest BCUT2D eigenvalue weighted by atomic mass is 10.1. The lowest BCUT2D eigenvalue weighted by Crippen LogP contribution is -2.12. The third-order valence-electron chi connectivity index (χ3n) is 3.40. The Bertz CT molecular complexity index is 719. The number of hydrogen-bond donors (Lipinski definition) is 1. The van der Waals surface area contributed by atoms with Gasteiger partial charge < -0.3 is 14.8 Å². The number of anilines is 1. The summed E-state index contributed by atoms with van der Waals surface area (Å²) in [4.78, 5) is 12.1. The number of methoxy groups -OCH3 is 1. The second-order valence-electron chi connectivity index (χ2n) is 5.06. The Balaban J connectivity index is 1.98. The monoisotopic (exact) mass is 367 g/mol. The van der Waals surface area contributed by atoms with Gasteiger partial charge in [-0.1, -0.05) is 35.3 Å². The number of hydrogen-bond acceptors (Lipinski definition) is 3. The van der Waals surface area contributed by atoms with Gasteiger partial charge in [0.15, 0.2) is 11.5 Å². The van der Waals surface area contributed by atoms with Gasteiger partial charge in [-0.3, -0.25) is 4.79 Å². The summed E-state index contributed by atoms with van der Waals surface area (Å²) in [5, 5.41) is 3.83. The van der Waals surface area contributed by atoms with Crippen LogP contribution in [0, 0.1) is 0 Å². The molecule has 0 unspecified atom stereocenters. The minimum absolute atomic E-state index is 0.114. The molecule has 0 saturated carbocycles. The van der Waals surface area contributed by atoms with E-state index >= 15 is 0 Å². The summed E-state index contributed by atoms with van der Waals surface area (Å²) in [6.45, 7) is 2.44. The van der Waals surface area contributed by atoms with Crippen LogP contribution in [0.1, 0.15) is 18.9 Å². The molecule has 1 amide bonds. The van der Waals surface area contributed by atoms with Crippen LogP contribution in [0.5, 0.6) is 11.5 Å².